The molecule has 0 atom stereocenters. The van der Waals surface area contributed by atoms with Gasteiger partial charge >= 0.3 is 18.2 Å². The van der Waals surface area contributed by atoms with E-state index in [1.807, 2.05) is 30.3 Å². The van der Waals surface area contributed by atoms with Gasteiger partial charge < -0.3 is 18.9 Å². The van der Waals surface area contributed by atoms with E-state index in [0.717, 1.165) is 5.56 Å². The highest BCUT2D eigenvalue weighted by molar-refractivity contribution is 6.30. The van der Waals surface area contributed by atoms with Crippen LogP contribution in [-0.4, -0.2) is 31.5 Å². The maximum atomic E-state index is 12.9. The second-order valence-corrected chi connectivity index (χ2v) is 9.16. The molecule has 0 spiro atoms. The van der Waals surface area contributed by atoms with Gasteiger partial charge in [-0.05, 0) is 83.9 Å². The third-order valence-electron chi connectivity index (χ3n) is 5.33. The smallest absolute Gasteiger partial charge is 0.336 e. The number of ether oxygens (including phenoxy) is 4. The summed E-state index contributed by atoms with van der Waals surface area (Å²) in [6.07, 6.45) is 2.99. The number of rotatable bonds is 11. The molecule has 4 aromatic carbocycles. The maximum absolute atomic E-state index is 12.9. The number of amides is 1. The summed E-state index contributed by atoms with van der Waals surface area (Å²) in [5.74, 6) is 0.0185. The molecule has 0 aliphatic carbocycles. The molecule has 0 saturated heterocycles. The normalized spacial score (nSPS) is 11.0. The predicted molar refractivity (Wildman–Crippen MR) is 158 cm³/mol. The molecule has 0 aliphatic rings. The first-order valence-electron chi connectivity index (χ1n) is 12.2. The Balaban J connectivity index is 1.41. The van der Waals surface area contributed by atoms with E-state index >= 15 is 0 Å². The topological polar surface area (TPSA) is 95.5 Å². The molecule has 4 rings (SSSR count). The summed E-state index contributed by atoms with van der Waals surface area (Å²) in [6, 6.07) is 27.1. The van der Waals surface area contributed by atoms with Crippen LogP contribution in [0, 0.1) is 0 Å². The van der Waals surface area contributed by atoms with Crippen molar-refractivity contribution in [2.45, 2.75) is 6.29 Å². The fourth-order valence-corrected chi connectivity index (χ4v) is 3.60. The predicted octanol–water partition coefficient (Wildman–Crippen LogP) is 6.56. The van der Waals surface area contributed by atoms with E-state index in [9.17, 15) is 9.59 Å². The average molecular weight is 591 g/mol. The van der Waals surface area contributed by atoms with Crippen LogP contribution in [0.5, 0.6) is 23.0 Å². The van der Waals surface area contributed by atoms with Gasteiger partial charge in [0, 0.05) is 16.1 Å². The van der Waals surface area contributed by atoms with Gasteiger partial charge in [0.25, 0.3) is 0 Å². The third kappa shape index (κ3) is 9.13. The van der Waals surface area contributed by atoms with Crippen molar-refractivity contribution in [2.24, 2.45) is 5.10 Å². The lowest BCUT2D eigenvalue weighted by atomic mass is 10.2. The van der Waals surface area contributed by atoms with Gasteiger partial charge in [-0.3, -0.25) is 4.79 Å². The number of nitrogens with one attached hydrogen (secondary N) is 1. The first-order chi connectivity index (χ1) is 19.9. The van der Waals surface area contributed by atoms with Crippen molar-refractivity contribution in [1.29, 1.82) is 0 Å². The lowest BCUT2D eigenvalue weighted by Gasteiger charge is -2.19. The summed E-state index contributed by atoms with van der Waals surface area (Å²) in [7, 11) is 1.45. The highest BCUT2D eigenvalue weighted by Gasteiger charge is 2.23. The number of hydrogen-bond donors (Lipinski definition) is 1. The summed E-state index contributed by atoms with van der Waals surface area (Å²) in [4.78, 5) is 25.2. The second kappa shape index (κ2) is 14.6. The zero-order valence-electron chi connectivity index (χ0n) is 21.7. The number of benzene rings is 4. The van der Waals surface area contributed by atoms with E-state index in [1.165, 1.54) is 19.4 Å². The molecule has 10 heteroatoms. The lowest BCUT2D eigenvalue weighted by Crippen LogP contribution is -2.40. The summed E-state index contributed by atoms with van der Waals surface area (Å²) in [5.41, 5.74) is 3.83. The summed E-state index contributed by atoms with van der Waals surface area (Å²) in [6.45, 7) is 0. The second-order valence-electron chi connectivity index (χ2n) is 8.29. The molecule has 0 heterocycles. The van der Waals surface area contributed by atoms with E-state index in [4.69, 9.17) is 42.1 Å². The number of esters is 1. The van der Waals surface area contributed by atoms with Gasteiger partial charge in [0.1, 0.15) is 11.5 Å². The maximum Gasteiger partial charge on any atom is 0.336 e. The van der Waals surface area contributed by atoms with E-state index in [0.29, 0.717) is 32.9 Å². The molecular formula is C31H24Cl2N2O6. The molecule has 0 aliphatic heterocycles. The van der Waals surface area contributed by atoms with Crippen molar-refractivity contribution < 1.29 is 28.5 Å². The van der Waals surface area contributed by atoms with Crippen molar-refractivity contribution in [3.63, 3.8) is 0 Å². The first-order valence-corrected chi connectivity index (χ1v) is 13.0. The molecule has 4 aromatic rings. The molecule has 41 heavy (non-hydrogen) atoms. The fourth-order valence-electron chi connectivity index (χ4n) is 3.35. The van der Waals surface area contributed by atoms with Gasteiger partial charge in [-0.25, -0.2) is 10.2 Å². The molecular weight excluding hydrogens is 567 g/mol. The minimum absolute atomic E-state index is 0.226. The van der Waals surface area contributed by atoms with Gasteiger partial charge in [-0.1, -0.05) is 53.5 Å². The zero-order chi connectivity index (χ0) is 29.0. The van der Waals surface area contributed by atoms with Crippen LogP contribution in [0.1, 0.15) is 11.1 Å². The Hall–Kier alpha value is -4.79. The van der Waals surface area contributed by atoms with Crippen LogP contribution in [0.15, 0.2) is 108 Å². The molecule has 0 saturated carbocycles. The number of hydrazone groups is 1. The van der Waals surface area contributed by atoms with Crippen LogP contribution in [0.2, 0.25) is 10.0 Å². The average Bonchev–Trinajstić information content (AvgIpc) is 2.99. The van der Waals surface area contributed by atoms with Crippen molar-refractivity contribution in [1.82, 2.24) is 5.43 Å². The molecule has 1 N–H and O–H groups in total. The highest BCUT2D eigenvalue weighted by atomic mass is 35.5. The van der Waals surface area contributed by atoms with Crippen LogP contribution in [-0.2, 0) is 9.59 Å². The summed E-state index contributed by atoms with van der Waals surface area (Å²) >= 11 is 11.9. The first kappa shape index (κ1) is 29.2. The number of nitrogens with zero attached hydrogens (tertiary/aromatic N) is 1. The Kier molecular flexibility index (Phi) is 10.4. The van der Waals surface area contributed by atoms with Crippen LogP contribution in [0.3, 0.4) is 0 Å². The zero-order valence-corrected chi connectivity index (χ0v) is 23.2. The van der Waals surface area contributed by atoms with Crippen LogP contribution < -0.4 is 24.4 Å². The Morgan fingerprint density at radius 1 is 0.780 bits per heavy atom. The van der Waals surface area contributed by atoms with Crippen LogP contribution >= 0.6 is 23.2 Å². The van der Waals surface area contributed by atoms with E-state index in [-0.39, 0.29) is 5.75 Å². The Morgan fingerprint density at radius 2 is 1.39 bits per heavy atom. The van der Waals surface area contributed by atoms with Gasteiger partial charge in [0.05, 0.1) is 13.3 Å². The molecule has 0 aromatic heterocycles. The number of carbonyl (C=O) groups is 2. The van der Waals surface area contributed by atoms with Crippen molar-refractivity contribution in [2.75, 3.05) is 7.11 Å². The van der Waals surface area contributed by atoms with E-state index in [2.05, 4.69) is 10.5 Å². The fraction of sp³-hybridized carbons (Fsp3) is 0.0645. The molecule has 1 amide bonds. The van der Waals surface area contributed by atoms with E-state index in [1.54, 1.807) is 72.8 Å². The molecule has 0 fully saturated rings. The Labute approximate surface area is 246 Å². The van der Waals surface area contributed by atoms with Crippen molar-refractivity contribution in [3.8, 4) is 23.0 Å². The number of methoxy groups -OCH3 is 1. The standard InChI is InChI=1S/C31H24Cl2N2O6/c1-38-28-19-22(7-17-27(28)41-29(36)18-8-21-5-3-2-4-6-21)20-34-35-30(37)31(39-25-13-9-23(32)10-14-25)40-26-15-11-24(33)12-16-26/h2-20,31H,1H3,(H,35,37). The number of hydrogen-bond acceptors (Lipinski definition) is 7. The van der Waals surface area contributed by atoms with Gasteiger partial charge in [0.2, 0.25) is 0 Å². The monoisotopic (exact) mass is 590 g/mol. The summed E-state index contributed by atoms with van der Waals surface area (Å²) in [5, 5.41) is 5.03. The van der Waals surface area contributed by atoms with Gasteiger partial charge in [-0.2, -0.15) is 5.10 Å². The van der Waals surface area contributed by atoms with Crippen LogP contribution in [0.4, 0.5) is 0 Å². The van der Waals surface area contributed by atoms with Crippen LogP contribution in [0.25, 0.3) is 6.08 Å². The minimum atomic E-state index is -1.38. The molecule has 0 radical (unpaired) electrons. The Bertz CT molecular complexity index is 1480. The molecule has 208 valence electrons. The van der Waals surface area contributed by atoms with Crippen molar-refractivity contribution in [3.05, 3.63) is 124 Å². The van der Waals surface area contributed by atoms with E-state index < -0.39 is 18.2 Å². The number of carbonyl (C=O) groups excluding carboxylic acids is 2. The quantitative estimate of drug-likeness (QED) is 0.0531. The molecule has 0 bridgehead atoms. The SMILES string of the molecule is COc1cc(C=NNC(=O)C(Oc2ccc(Cl)cc2)Oc2ccc(Cl)cc2)ccc1OC(=O)C=Cc1ccccc1. The van der Waals surface area contributed by atoms with Crippen molar-refractivity contribution >= 4 is 47.4 Å². The van der Waals surface area contributed by atoms with Gasteiger partial charge in [-0.15, -0.1) is 0 Å². The lowest BCUT2D eigenvalue weighted by molar-refractivity contribution is -0.140. The van der Waals surface area contributed by atoms with Gasteiger partial charge in [0.15, 0.2) is 11.5 Å². The molecule has 0 unspecified atom stereocenters. The highest BCUT2D eigenvalue weighted by Crippen LogP contribution is 2.28. The number of halogens is 2. The minimum Gasteiger partial charge on any atom is -0.493 e. The largest absolute Gasteiger partial charge is 0.493 e. The Morgan fingerprint density at radius 3 is 1.98 bits per heavy atom. The third-order valence-corrected chi connectivity index (χ3v) is 5.83. The summed E-state index contributed by atoms with van der Waals surface area (Å²) < 4.78 is 22.2. The molecule has 8 nitrogen and oxygen atoms in total.